The summed E-state index contributed by atoms with van der Waals surface area (Å²) in [6.45, 7) is 1.54. The molecule has 1 unspecified atom stereocenters. The maximum atomic E-state index is 13.5. The minimum absolute atomic E-state index is 0.0221. The SMILES string of the molecule is CC1CS(=O)(=O)CCN1C(=O)c1ccnc(F)c1F. The van der Waals surface area contributed by atoms with Crippen molar-refractivity contribution in [3.8, 4) is 0 Å². The average molecular weight is 290 g/mol. The molecular weight excluding hydrogens is 278 g/mol. The van der Waals surface area contributed by atoms with Crippen LogP contribution in [0.3, 0.4) is 0 Å². The Morgan fingerprint density at radius 3 is 2.79 bits per heavy atom. The Labute approximate surface area is 109 Å². The van der Waals surface area contributed by atoms with Crippen molar-refractivity contribution in [1.29, 1.82) is 0 Å². The zero-order chi connectivity index (χ0) is 14.2. The van der Waals surface area contributed by atoms with Crippen molar-refractivity contribution in [2.24, 2.45) is 0 Å². The van der Waals surface area contributed by atoms with E-state index < -0.39 is 39.1 Å². The molecular formula is C11H12F2N2O3S. The zero-order valence-electron chi connectivity index (χ0n) is 10.1. The molecule has 104 valence electrons. The first kappa shape index (κ1) is 13.9. The topological polar surface area (TPSA) is 67.3 Å². The highest BCUT2D eigenvalue weighted by atomic mass is 32.2. The zero-order valence-corrected chi connectivity index (χ0v) is 11.0. The summed E-state index contributed by atoms with van der Waals surface area (Å²) in [5.74, 6) is -3.72. The Hall–Kier alpha value is -1.57. The van der Waals surface area contributed by atoms with E-state index in [9.17, 15) is 22.0 Å². The van der Waals surface area contributed by atoms with E-state index in [0.29, 0.717) is 0 Å². The molecule has 0 radical (unpaired) electrons. The van der Waals surface area contributed by atoms with Gasteiger partial charge in [0.05, 0.1) is 17.1 Å². The first-order valence-corrected chi connectivity index (χ1v) is 7.45. The Balaban J connectivity index is 2.28. The lowest BCUT2D eigenvalue weighted by molar-refractivity contribution is 0.0706. The molecule has 2 rings (SSSR count). The van der Waals surface area contributed by atoms with Gasteiger partial charge in [-0.1, -0.05) is 0 Å². The fourth-order valence-electron chi connectivity index (χ4n) is 2.04. The van der Waals surface area contributed by atoms with E-state index in [1.54, 1.807) is 6.92 Å². The Morgan fingerprint density at radius 2 is 2.16 bits per heavy atom. The van der Waals surface area contributed by atoms with Gasteiger partial charge in [0.2, 0.25) is 5.95 Å². The number of pyridine rings is 1. The molecule has 8 heteroatoms. The van der Waals surface area contributed by atoms with Gasteiger partial charge in [0.15, 0.2) is 15.7 Å². The number of rotatable bonds is 1. The molecule has 0 aliphatic carbocycles. The Bertz CT molecular complexity index is 618. The van der Waals surface area contributed by atoms with E-state index in [1.165, 1.54) is 4.90 Å². The molecule has 1 aromatic rings. The van der Waals surface area contributed by atoms with Crippen LogP contribution in [0.15, 0.2) is 12.3 Å². The third-order valence-corrected chi connectivity index (χ3v) is 4.80. The summed E-state index contributed by atoms with van der Waals surface area (Å²) in [5, 5.41) is 0. The molecule has 0 aromatic carbocycles. The number of halogens is 2. The summed E-state index contributed by atoms with van der Waals surface area (Å²) >= 11 is 0. The molecule has 0 spiro atoms. The second-order valence-corrected chi connectivity index (χ2v) is 6.65. The molecule has 1 aromatic heterocycles. The van der Waals surface area contributed by atoms with E-state index in [2.05, 4.69) is 4.98 Å². The lowest BCUT2D eigenvalue weighted by atomic mass is 10.2. The summed E-state index contributed by atoms with van der Waals surface area (Å²) in [7, 11) is -3.17. The first-order chi connectivity index (χ1) is 8.82. The molecule has 0 saturated carbocycles. The van der Waals surface area contributed by atoms with Gasteiger partial charge in [0.25, 0.3) is 5.91 Å². The van der Waals surface area contributed by atoms with Crippen LogP contribution >= 0.6 is 0 Å². The van der Waals surface area contributed by atoms with Gasteiger partial charge in [-0.15, -0.1) is 0 Å². The van der Waals surface area contributed by atoms with Crippen LogP contribution in [0.5, 0.6) is 0 Å². The van der Waals surface area contributed by atoms with Crippen LogP contribution in [0.25, 0.3) is 0 Å². The van der Waals surface area contributed by atoms with Crippen LogP contribution in [0.4, 0.5) is 8.78 Å². The second-order valence-electron chi connectivity index (χ2n) is 4.43. The highest BCUT2D eigenvalue weighted by Crippen LogP contribution is 2.17. The van der Waals surface area contributed by atoms with Gasteiger partial charge < -0.3 is 4.90 Å². The predicted octanol–water partition coefficient (Wildman–Crippen LogP) is 0.619. The minimum atomic E-state index is -3.17. The highest BCUT2D eigenvalue weighted by Gasteiger charge is 2.33. The van der Waals surface area contributed by atoms with E-state index in [-0.39, 0.29) is 18.1 Å². The normalized spacial score (nSPS) is 22.3. The van der Waals surface area contributed by atoms with Crippen LogP contribution < -0.4 is 0 Å². The van der Waals surface area contributed by atoms with Crippen molar-refractivity contribution in [2.75, 3.05) is 18.1 Å². The van der Waals surface area contributed by atoms with Gasteiger partial charge in [-0.05, 0) is 13.0 Å². The maximum absolute atomic E-state index is 13.5. The average Bonchev–Trinajstić information content (AvgIpc) is 2.31. The number of carbonyl (C=O) groups excluding carboxylic acids is 1. The van der Waals surface area contributed by atoms with Crippen molar-refractivity contribution in [3.63, 3.8) is 0 Å². The molecule has 0 N–H and O–H groups in total. The highest BCUT2D eigenvalue weighted by molar-refractivity contribution is 7.91. The van der Waals surface area contributed by atoms with Gasteiger partial charge in [-0.25, -0.2) is 17.8 Å². The van der Waals surface area contributed by atoms with Gasteiger partial charge in [0, 0.05) is 18.8 Å². The van der Waals surface area contributed by atoms with Crippen LogP contribution in [0.2, 0.25) is 0 Å². The van der Waals surface area contributed by atoms with Crippen molar-refractivity contribution >= 4 is 15.7 Å². The second kappa shape index (κ2) is 4.84. The summed E-state index contributed by atoms with van der Waals surface area (Å²) < 4.78 is 49.3. The number of nitrogens with zero attached hydrogens (tertiary/aromatic N) is 2. The van der Waals surface area contributed by atoms with E-state index in [4.69, 9.17) is 0 Å². The summed E-state index contributed by atoms with van der Waals surface area (Å²) in [4.78, 5) is 16.4. The Kier molecular flexibility index (Phi) is 3.53. The third-order valence-electron chi connectivity index (χ3n) is 3.01. The van der Waals surface area contributed by atoms with Gasteiger partial charge in [-0.3, -0.25) is 4.79 Å². The van der Waals surface area contributed by atoms with Crippen molar-refractivity contribution in [3.05, 3.63) is 29.6 Å². The van der Waals surface area contributed by atoms with Crippen LogP contribution in [0.1, 0.15) is 17.3 Å². The molecule has 1 aliphatic rings. The van der Waals surface area contributed by atoms with Crippen LogP contribution in [-0.2, 0) is 9.84 Å². The minimum Gasteiger partial charge on any atom is -0.334 e. The van der Waals surface area contributed by atoms with E-state index >= 15 is 0 Å². The maximum Gasteiger partial charge on any atom is 0.257 e. The fraction of sp³-hybridized carbons (Fsp3) is 0.455. The number of aromatic nitrogens is 1. The quantitative estimate of drug-likeness (QED) is 0.711. The van der Waals surface area contributed by atoms with Gasteiger partial charge in [-0.2, -0.15) is 4.39 Å². The summed E-state index contributed by atoms with van der Waals surface area (Å²) in [5.41, 5.74) is -0.432. The van der Waals surface area contributed by atoms with Crippen LogP contribution in [0, 0.1) is 11.8 Å². The molecule has 1 fully saturated rings. The predicted molar refractivity (Wildman–Crippen MR) is 63.3 cm³/mol. The van der Waals surface area contributed by atoms with Gasteiger partial charge in [0.1, 0.15) is 0 Å². The van der Waals surface area contributed by atoms with Crippen molar-refractivity contribution in [1.82, 2.24) is 9.88 Å². The molecule has 1 saturated heterocycles. The number of hydrogen-bond acceptors (Lipinski definition) is 4. The standard InChI is InChI=1S/C11H12F2N2O3S/c1-7-6-19(17,18)5-4-15(7)11(16)8-2-3-14-10(13)9(8)12/h2-3,7H,4-6H2,1H3. The first-order valence-electron chi connectivity index (χ1n) is 5.63. The molecule has 0 bridgehead atoms. The number of hydrogen-bond donors (Lipinski definition) is 0. The summed E-state index contributed by atoms with van der Waals surface area (Å²) in [6.07, 6.45) is 0.997. The smallest absolute Gasteiger partial charge is 0.257 e. The lowest BCUT2D eigenvalue weighted by Gasteiger charge is -2.33. The van der Waals surface area contributed by atoms with E-state index in [1.807, 2.05) is 0 Å². The molecule has 5 nitrogen and oxygen atoms in total. The Morgan fingerprint density at radius 1 is 1.47 bits per heavy atom. The van der Waals surface area contributed by atoms with E-state index in [0.717, 1.165) is 12.3 Å². The van der Waals surface area contributed by atoms with Crippen molar-refractivity contribution < 1.29 is 22.0 Å². The van der Waals surface area contributed by atoms with Crippen LogP contribution in [-0.4, -0.2) is 48.3 Å². The fourth-order valence-corrected chi connectivity index (χ4v) is 3.59. The van der Waals surface area contributed by atoms with Crippen molar-refractivity contribution in [2.45, 2.75) is 13.0 Å². The number of sulfone groups is 1. The molecule has 1 aliphatic heterocycles. The lowest BCUT2D eigenvalue weighted by Crippen LogP contribution is -2.50. The monoisotopic (exact) mass is 290 g/mol. The molecule has 2 heterocycles. The third kappa shape index (κ3) is 2.73. The van der Waals surface area contributed by atoms with Gasteiger partial charge >= 0.3 is 0 Å². The number of amides is 1. The molecule has 1 amide bonds. The molecule has 1 atom stereocenters. The molecule has 19 heavy (non-hydrogen) atoms. The number of carbonyl (C=O) groups is 1. The largest absolute Gasteiger partial charge is 0.334 e. The summed E-state index contributed by atoms with van der Waals surface area (Å²) in [6, 6.07) is 0.512.